The molecule has 40 heavy (non-hydrogen) atoms. The quantitative estimate of drug-likeness (QED) is 0.511. The summed E-state index contributed by atoms with van der Waals surface area (Å²) in [6.45, 7) is 3.46. The van der Waals surface area contributed by atoms with Crippen LogP contribution in [0.1, 0.15) is 88.0 Å². The van der Waals surface area contributed by atoms with Crippen LogP contribution in [-0.4, -0.2) is 74.9 Å². The number of carbonyl (C=O) groups excluding carboxylic acids is 3. The van der Waals surface area contributed by atoms with Gasteiger partial charge in [0.05, 0.1) is 24.8 Å². The second-order valence-electron chi connectivity index (χ2n) is 11.7. The van der Waals surface area contributed by atoms with E-state index in [4.69, 9.17) is 4.74 Å². The van der Waals surface area contributed by atoms with Gasteiger partial charge in [-0.1, -0.05) is 6.42 Å². The Balaban J connectivity index is 1.52. The van der Waals surface area contributed by atoms with Crippen LogP contribution in [0, 0.1) is 0 Å². The Bertz CT molecular complexity index is 1150. The molecule has 2 fully saturated rings. The second-order valence-corrected chi connectivity index (χ2v) is 11.7. The first-order valence-electron chi connectivity index (χ1n) is 13.4. The number of carbonyl (C=O) groups is 3. The van der Waals surface area contributed by atoms with Gasteiger partial charge in [0.2, 0.25) is 11.8 Å². The Morgan fingerprint density at radius 2 is 1.85 bits per heavy atom. The summed E-state index contributed by atoms with van der Waals surface area (Å²) in [7, 11) is 0. The van der Waals surface area contributed by atoms with Crippen molar-refractivity contribution in [2.75, 3.05) is 19.6 Å². The summed E-state index contributed by atoms with van der Waals surface area (Å²) in [6.07, 6.45) is -4.71. The Morgan fingerprint density at radius 3 is 2.45 bits per heavy atom. The minimum atomic E-state index is -4.66. The summed E-state index contributed by atoms with van der Waals surface area (Å²) in [5.41, 5.74) is -1.76. The number of hydrogen-bond donors (Lipinski definition) is 1. The zero-order valence-electron chi connectivity index (χ0n) is 22.7. The molecule has 0 radical (unpaired) electrons. The van der Waals surface area contributed by atoms with Crippen LogP contribution in [0.3, 0.4) is 0 Å². The van der Waals surface area contributed by atoms with Crippen molar-refractivity contribution in [2.45, 2.75) is 102 Å². The Morgan fingerprint density at radius 1 is 1.15 bits per heavy atom. The number of alkyl halides is 5. The molecule has 1 saturated carbocycles. The minimum absolute atomic E-state index is 0.0378. The lowest BCUT2D eigenvalue weighted by Crippen LogP contribution is -2.54. The predicted molar refractivity (Wildman–Crippen MR) is 131 cm³/mol. The number of hydrogen-bond acceptors (Lipinski definition) is 6. The van der Waals surface area contributed by atoms with Gasteiger partial charge in [0.1, 0.15) is 11.4 Å². The fourth-order valence-corrected chi connectivity index (χ4v) is 5.05. The minimum Gasteiger partial charge on any atom is -0.444 e. The largest absolute Gasteiger partial charge is 0.444 e. The maximum Gasteiger partial charge on any atom is 0.433 e. The topological polar surface area (TPSA) is 105 Å². The van der Waals surface area contributed by atoms with Crippen molar-refractivity contribution in [3.63, 3.8) is 0 Å². The number of fused-ring (bicyclic) bond motifs is 1. The average molecular weight is 576 g/mol. The van der Waals surface area contributed by atoms with Crippen molar-refractivity contribution < 1.29 is 41.1 Å². The number of nitrogens with zero attached hydrogens (tertiary/aromatic N) is 4. The molecule has 1 aromatic heterocycles. The Labute approximate surface area is 228 Å². The number of piperidine rings is 1. The number of alkyl carbamates (subject to hydrolysis) is 1. The van der Waals surface area contributed by atoms with E-state index in [0.29, 0.717) is 12.8 Å². The summed E-state index contributed by atoms with van der Waals surface area (Å²) in [4.78, 5) is 48.6. The number of amides is 3. The summed E-state index contributed by atoms with van der Waals surface area (Å²) in [6, 6.07) is -1.07. The highest BCUT2D eigenvalue weighted by atomic mass is 19.4. The van der Waals surface area contributed by atoms with Gasteiger partial charge < -0.3 is 19.9 Å². The highest BCUT2D eigenvalue weighted by Crippen LogP contribution is 2.39. The van der Waals surface area contributed by atoms with E-state index in [0.717, 1.165) is 11.3 Å². The van der Waals surface area contributed by atoms with E-state index in [2.05, 4.69) is 15.3 Å². The smallest absolute Gasteiger partial charge is 0.433 e. The molecule has 2 aliphatic heterocycles. The zero-order valence-corrected chi connectivity index (χ0v) is 22.7. The van der Waals surface area contributed by atoms with Crippen LogP contribution >= 0.6 is 0 Å². The summed E-state index contributed by atoms with van der Waals surface area (Å²) < 4.78 is 74.7. The number of aromatic nitrogens is 2. The number of halogens is 5. The van der Waals surface area contributed by atoms with Crippen molar-refractivity contribution in [3.8, 4) is 0 Å². The normalized spacial score (nSPS) is 20.4. The number of nitrogens with one attached hydrogen (secondary N) is 1. The number of ether oxygens (including phenoxy) is 1. The van der Waals surface area contributed by atoms with Gasteiger partial charge in [0.25, 0.3) is 5.92 Å². The van der Waals surface area contributed by atoms with Crippen molar-refractivity contribution in [1.82, 2.24) is 25.1 Å². The first-order valence-corrected chi connectivity index (χ1v) is 13.4. The fourth-order valence-electron chi connectivity index (χ4n) is 5.05. The maximum atomic E-state index is 14.0. The zero-order chi connectivity index (χ0) is 29.5. The van der Waals surface area contributed by atoms with Crippen LogP contribution in [-0.2, 0) is 33.5 Å². The summed E-state index contributed by atoms with van der Waals surface area (Å²) in [5.74, 6) is -4.18. The van der Waals surface area contributed by atoms with Crippen LogP contribution in [0.5, 0.6) is 0 Å². The molecule has 0 unspecified atom stereocenters. The molecule has 3 aliphatic rings. The van der Waals surface area contributed by atoms with Gasteiger partial charge in [-0.2, -0.15) is 13.2 Å². The average Bonchev–Trinajstić information content (AvgIpc) is 2.77. The lowest BCUT2D eigenvalue weighted by atomic mass is 9.84. The van der Waals surface area contributed by atoms with Crippen LogP contribution in [0.25, 0.3) is 0 Å². The molecular weight excluding hydrogens is 541 g/mol. The van der Waals surface area contributed by atoms with Crippen LogP contribution in [0.4, 0.5) is 26.7 Å². The third kappa shape index (κ3) is 7.36. The van der Waals surface area contributed by atoms with Crippen molar-refractivity contribution in [3.05, 3.63) is 22.8 Å². The summed E-state index contributed by atoms with van der Waals surface area (Å²) in [5, 5.41) is 2.50. The van der Waals surface area contributed by atoms with Gasteiger partial charge in [-0.3, -0.25) is 9.59 Å². The lowest BCUT2D eigenvalue weighted by Gasteiger charge is -2.36. The van der Waals surface area contributed by atoms with Gasteiger partial charge in [-0.05, 0) is 40.0 Å². The van der Waals surface area contributed by atoms with Crippen molar-refractivity contribution in [2.24, 2.45) is 0 Å². The molecule has 14 heteroatoms. The van der Waals surface area contributed by atoms with Gasteiger partial charge in [-0.15, -0.1) is 0 Å². The highest BCUT2D eigenvalue weighted by Gasteiger charge is 2.42. The van der Waals surface area contributed by atoms with Gasteiger partial charge in [-0.25, -0.2) is 23.5 Å². The Hall–Kier alpha value is -3.06. The molecule has 1 atom stereocenters. The third-order valence-electron chi connectivity index (χ3n) is 7.24. The van der Waals surface area contributed by atoms with Gasteiger partial charge in [0.15, 0.2) is 5.69 Å². The first-order chi connectivity index (χ1) is 18.5. The molecule has 0 bridgehead atoms. The molecular formula is C26H34F5N5O4. The van der Waals surface area contributed by atoms with Crippen LogP contribution in [0.2, 0.25) is 0 Å². The van der Waals surface area contributed by atoms with E-state index >= 15 is 0 Å². The molecule has 9 nitrogen and oxygen atoms in total. The first kappa shape index (κ1) is 29.9. The lowest BCUT2D eigenvalue weighted by molar-refractivity contribution is -0.148. The fraction of sp³-hybridized carbons (Fsp3) is 0.731. The molecule has 1 N–H and O–H groups in total. The molecule has 1 saturated heterocycles. The second kappa shape index (κ2) is 11.1. The maximum absolute atomic E-state index is 14.0. The standard InChI is InChI=1S/C26H34F5N5O4/c1-24(2,3)40-23(39)32-16(12-36-14-25(27,28)9-7-19(36)37)11-20(38)35-10-8-17-18(13-35)33-22(15-5-4-6-15)34-21(17)26(29,30)31/h15-16H,4-14H2,1-3H3,(H,32,39)/t16-/m0/s1. The summed E-state index contributed by atoms with van der Waals surface area (Å²) >= 11 is 0. The molecule has 3 amide bonds. The van der Waals surface area contributed by atoms with E-state index in [-0.39, 0.29) is 61.9 Å². The monoisotopic (exact) mass is 575 g/mol. The van der Waals surface area contributed by atoms with E-state index in [1.54, 1.807) is 20.8 Å². The Kier molecular flexibility index (Phi) is 8.28. The van der Waals surface area contributed by atoms with Crippen molar-refractivity contribution in [1.29, 1.82) is 0 Å². The SMILES string of the molecule is CC(C)(C)OC(=O)N[C@@H](CC(=O)N1CCc2c(nc(C3CCC3)nc2C(F)(F)F)C1)CN1CC(F)(F)CCC1=O. The third-order valence-corrected chi connectivity index (χ3v) is 7.24. The van der Waals surface area contributed by atoms with E-state index in [1.165, 1.54) is 4.90 Å². The predicted octanol–water partition coefficient (Wildman–Crippen LogP) is 4.19. The van der Waals surface area contributed by atoms with Gasteiger partial charge in [0, 0.05) is 43.8 Å². The van der Waals surface area contributed by atoms with E-state index < -0.39 is 60.3 Å². The molecule has 1 aromatic rings. The molecule has 4 rings (SSSR count). The number of rotatable bonds is 6. The molecule has 0 spiro atoms. The van der Waals surface area contributed by atoms with Crippen molar-refractivity contribution >= 4 is 17.9 Å². The van der Waals surface area contributed by atoms with Crippen LogP contribution < -0.4 is 5.32 Å². The molecule has 0 aromatic carbocycles. The molecule has 222 valence electrons. The van der Waals surface area contributed by atoms with Gasteiger partial charge >= 0.3 is 12.3 Å². The number of likely N-dealkylation sites (tertiary alicyclic amines) is 1. The van der Waals surface area contributed by atoms with Crippen LogP contribution in [0.15, 0.2) is 0 Å². The van der Waals surface area contributed by atoms with E-state index in [9.17, 15) is 36.3 Å². The molecule has 3 heterocycles. The van der Waals surface area contributed by atoms with E-state index in [1.807, 2.05) is 0 Å². The highest BCUT2D eigenvalue weighted by molar-refractivity contribution is 5.79. The molecule has 1 aliphatic carbocycles.